The molecule has 3 atom stereocenters. The molecule has 1 aliphatic rings. The van der Waals surface area contributed by atoms with E-state index in [-0.39, 0.29) is 12.6 Å². The van der Waals surface area contributed by atoms with Crippen molar-refractivity contribution in [3.05, 3.63) is 30.4 Å². The lowest BCUT2D eigenvalue weighted by Crippen LogP contribution is -2.32. The van der Waals surface area contributed by atoms with Crippen molar-refractivity contribution in [2.75, 3.05) is 6.61 Å². The van der Waals surface area contributed by atoms with E-state index in [1.54, 1.807) is 0 Å². The van der Waals surface area contributed by atoms with Crippen LogP contribution >= 0.6 is 0 Å². The first kappa shape index (κ1) is 12.3. The summed E-state index contributed by atoms with van der Waals surface area (Å²) in [7, 11) is 2.02. The zero-order chi connectivity index (χ0) is 12.3. The molecule has 1 aromatic heterocycles. The zero-order valence-electron chi connectivity index (χ0n) is 10.5. The second-order valence-corrected chi connectivity index (χ2v) is 4.69. The molecule has 94 valence electrons. The van der Waals surface area contributed by atoms with Crippen LogP contribution in [0.5, 0.6) is 0 Å². The van der Waals surface area contributed by atoms with Crippen LogP contribution in [0.25, 0.3) is 0 Å². The fourth-order valence-electron chi connectivity index (χ4n) is 2.38. The Labute approximate surface area is 102 Å². The third-order valence-corrected chi connectivity index (χ3v) is 3.40. The normalized spacial score (nSPS) is 25.4. The van der Waals surface area contributed by atoms with E-state index in [9.17, 15) is 0 Å². The highest BCUT2D eigenvalue weighted by Gasteiger charge is 2.22. The Morgan fingerprint density at radius 2 is 2.41 bits per heavy atom. The van der Waals surface area contributed by atoms with Crippen molar-refractivity contribution in [1.29, 1.82) is 0 Å². The van der Waals surface area contributed by atoms with Gasteiger partial charge in [0.1, 0.15) is 5.82 Å². The Morgan fingerprint density at radius 3 is 2.94 bits per heavy atom. The van der Waals surface area contributed by atoms with Crippen molar-refractivity contribution in [3.8, 4) is 0 Å². The zero-order valence-corrected chi connectivity index (χ0v) is 10.5. The van der Waals surface area contributed by atoms with Crippen LogP contribution in [0.1, 0.15) is 31.6 Å². The topological polar surface area (TPSA) is 50.1 Å². The van der Waals surface area contributed by atoms with Gasteiger partial charge >= 0.3 is 0 Å². The van der Waals surface area contributed by atoms with Crippen molar-refractivity contribution < 1.29 is 5.11 Å². The van der Waals surface area contributed by atoms with Crippen molar-refractivity contribution in [3.63, 3.8) is 0 Å². The van der Waals surface area contributed by atoms with E-state index in [0.717, 1.165) is 18.7 Å². The number of hydrogen-bond acceptors (Lipinski definition) is 3. The molecule has 0 bridgehead atoms. The fraction of sp³-hybridized carbons (Fsp3) is 0.615. The summed E-state index contributed by atoms with van der Waals surface area (Å²) >= 11 is 0. The molecular weight excluding hydrogens is 214 g/mol. The molecule has 1 aromatic rings. The average molecular weight is 235 g/mol. The van der Waals surface area contributed by atoms with Crippen molar-refractivity contribution in [2.45, 2.75) is 31.8 Å². The molecule has 1 aliphatic carbocycles. The molecule has 4 heteroatoms. The van der Waals surface area contributed by atoms with Crippen LogP contribution in [0.3, 0.4) is 0 Å². The third-order valence-electron chi connectivity index (χ3n) is 3.40. The Morgan fingerprint density at radius 1 is 1.59 bits per heavy atom. The maximum Gasteiger partial charge on any atom is 0.125 e. The van der Waals surface area contributed by atoms with Crippen molar-refractivity contribution >= 4 is 0 Å². The monoisotopic (exact) mass is 235 g/mol. The van der Waals surface area contributed by atoms with Crippen LogP contribution in [0.15, 0.2) is 24.5 Å². The number of aliphatic hydroxyl groups is 1. The molecule has 0 saturated carbocycles. The number of nitrogens with one attached hydrogen (secondary N) is 1. The maximum atomic E-state index is 9.11. The number of aryl methyl sites for hydroxylation is 1. The number of aromatic nitrogens is 2. The number of rotatable bonds is 5. The van der Waals surface area contributed by atoms with E-state index in [1.807, 2.05) is 19.4 Å². The summed E-state index contributed by atoms with van der Waals surface area (Å²) in [6.07, 6.45) is 10.1. The van der Waals surface area contributed by atoms with E-state index < -0.39 is 0 Å². The van der Waals surface area contributed by atoms with Gasteiger partial charge in [0, 0.05) is 38.0 Å². The summed E-state index contributed by atoms with van der Waals surface area (Å²) in [6, 6.07) is 0.635. The van der Waals surface area contributed by atoms with Gasteiger partial charge in [-0.1, -0.05) is 19.1 Å². The summed E-state index contributed by atoms with van der Waals surface area (Å²) in [5.74, 6) is 1.39. The van der Waals surface area contributed by atoms with Crippen LogP contribution in [0.4, 0.5) is 0 Å². The predicted molar refractivity (Wildman–Crippen MR) is 67.5 cm³/mol. The Bertz CT molecular complexity index is 386. The molecule has 0 spiro atoms. The molecule has 0 aromatic carbocycles. The molecule has 17 heavy (non-hydrogen) atoms. The molecule has 2 rings (SSSR count). The fourth-order valence-corrected chi connectivity index (χ4v) is 2.38. The summed E-state index contributed by atoms with van der Waals surface area (Å²) < 4.78 is 2.06. The first-order valence-corrected chi connectivity index (χ1v) is 6.27. The molecular formula is C13H21N3O. The van der Waals surface area contributed by atoms with E-state index in [1.165, 1.54) is 0 Å². The van der Waals surface area contributed by atoms with E-state index in [0.29, 0.717) is 12.0 Å². The highest BCUT2D eigenvalue weighted by Crippen LogP contribution is 2.22. The second kappa shape index (κ2) is 5.47. The first-order chi connectivity index (χ1) is 8.24. The highest BCUT2D eigenvalue weighted by atomic mass is 16.3. The van der Waals surface area contributed by atoms with Gasteiger partial charge in [0.25, 0.3) is 0 Å². The SMILES string of the molecule is CCC(N[C@@H]1C=C[C@H](CO)C1)c1nccn1C. The molecule has 2 N–H and O–H groups in total. The van der Waals surface area contributed by atoms with Gasteiger partial charge in [0.15, 0.2) is 0 Å². The summed E-state index contributed by atoms with van der Waals surface area (Å²) in [5.41, 5.74) is 0. The Hall–Kier alpha value is -1.13. The number of aliphatic hydroxyl groups excluding tert-OH is 1. The average Bonchev–Trinajstić information content (AvgIpc) is 2.95. The van der Waals surface area contributed by atoms with Gasteiger partial charge in [-0.2, -0.15) is 0 Å². The first-order valence-electron chi connectivity index (χ1n) is 6.27. The van der Waals surface area contributed by atoms with Gasteiger partial charge in [0.2, 0.25) is 0 Å². The van der Waals surface area contributed by atoms with Crippen LogP contribution in [0.2, 0.25) is 0 Å². The third kappa shape index (κ3) is 2.76. The molecule has 0 amide bonds. The van der Waals surface area contributed by atoms with Gasteiger partial charge < -0.3 is 15.0 Å². The van der Waals surface area contributed by atoms with Crippen LogP contribution < -0.4 is 5.32 Å². The van der Waals surface area contributed by atoms with Crippen LogP contribution in [-0.4, -0.2) is 27.3 Å². The van der Waals surface area contributed by atoms with Crippen LogP contribution in [-0.2, 0) is 7.05 Å². The molecule has 0 aliphatic heterocycles. The predicted octanol–water partition coefficient (Wildman–Crippen LogP) is 1.40. The Balaban J connectivity index is 1.98. The lowest BCUT2D eigenvalue weighted by atomic mass is 10.1. The summed E-state index contributed by atoms with van der Waals surface area (Å²) in [6.45, 7) is 2.41. The minimum atomic E-state index is 0.244. The standard InChI is InChI=1S/C13H21N3O/c1-3-12(13-14-6-7-16(13)2)15-11-5-4-10(8-11)9-17/h4-7,10-12,15,17H,3,8-9H2,1-2H3/t10-,11+,12?/m0/s1. The largest absolute Gasteiger partial charge is 0.396 e. The molecule has 0 radical (unpaired) electrons. The molecule has 1 unspecified atom stereocenters. The Kier molecular flexibility index (Phi) is 3.97. The molecule has 4 nitrogen and oxygen atoms in total. The van der Waals surface area contributed by atoms with Crippen molar-refractivity contribution in [2.24, 2.45) is 13.0 Å². The van der Waals surface area contributed by atoms with Gasteiger partial charge in [-0.15, -0.1) is 0 Å². The molecule has 0 fully saturated rings. The van der Waals surface area contributed by atoms with Gasteiger partial charge in [-0.25, -0.2) is 4.98 Å². The van der Waals surface area contributed by atoms with Crippen LogP contribution in [0, 0.1) is 5.92 Å². The van der Waals surface area contributed by atoms with Gasteiger partial charge in [-0.05, 0) is 12.8 Å². The van der Waals surface area contributed by atoms with E-state index in [4.69, 9.17) is 5.11 Å². The quantitative estimate of drug-likeness (QED) is 0.758. The van der Waals surface area contributed by atoms with E-state index >= 15 is 0 Å². The summed E-state index contributed by atoms with van der Waals surface area (Å²) in [4.78, 5) is 4.40. The minimum absolute atomic E-state index is 0.244. The summed E-state index contributed by atoms with van der Waals surface area (Å²) in [5, 5.41) is 12.7. The van der Waals surface area contributed by atoms with E-state index in [2.05, 4.69) is 33.9 Å². The molecule has 1 heterocycles. The molecule has 0 saturated heterocycles. The minimum Gasteiger partial charge on any atom is -0.396 e. The maximum absolute atomic E-state index is 9.11. The van der Waals surface area contributed by atoms with Gasteiger partial charge in [-0.3, -0.25) is 0 Å². The second-order valence-electron chi connectivity index (χ2n) is 4.69. The highest BCUT2D eigenvalue weighted by molar-refractivity contribution is 5.08. The van der Waals surface area contributed by atoms with Crippen molar-refractivity contribution in [1.82, 2.24) is 14.9 Å². The number of nitrogens with zero attached hydrogens (tertiary/aromatic N) is 2. The lowest BCUT2D eigenvalue weighted by Gasteiger charge is -2.21. The smallest absolute Gasteiger partial charge is 0.125 e. The number of imidazole rings is 1. The number of hydrogen-bond donors (Lipinski definition) is 2. The van der Waals surface area contributed by atoms with Gasteiger partial charge in [0.05, 0.1) is 6.04 Å². The lowest BCUT2D eigenvalue weighted by molar-refractivity contribution is 0.244.